The average Bonchev–Trinajstić information content (AvgIpc) is 3.63. The molecule has 0 atom stereocenters. The molecule has 2 N–H and O–H groups in total. The molecule has 0 fully saturated rings. The van der Waals surface area contributed by atoms with Crippen LogP contribution in [-0.4, -0.2) is 23.2 Å². The van der Waals surface area contributed by atoms with Crippen LogP contribution in [0.3, 0.4) is 0 Å². The molecule has 4 aromatic carbocycles. The maximum atomic E-state index is 12.1. The number of cyclic esters (lactones) is 1. The molecular formula is C37H48K2N2O6Y2-2. The fourth-order valence-corrected chi connectivity index (χ4v) is 3.93. The number of fused-ring (bicyclic) bond motifs is 2. The van der Waals surface area contributed by atoms with Crippen molar-refractivity contribution < 1.29 is 199 Å². The zero-order valence-corrected chi connectivity index (χ0v) is 42.3. The van der Waals surface area contributed by atoms with Gasteiger partial charge in [-0.3, -0.25) is 9.59 Å². The Balaban J connectivity index is -0.0000000987. The molecule has 2 heterocycles. The third-order valence-corrected chi connectivity index (χ3v) is 5.83. The number of nitrogens with zero attached hydrogens (tertiary/aromatic N) is 1. The van der Waals surface area contributed by atoms with E-state index < -0.39 is 0 Å². The van der Waals surface area contributed by atoms with E-state index in [-0.39, 0.29) is 203 Å². The minimum absolute atomic E-state index is 0. The third-order valence-electron chi connectivity index (χ3n) is 5.83. The van der Waals surface area contributed by atoms with Crippen LogP contribution in [0.2, 0.25) is 0 Å². The van der Waals surface area contributed by atoms with E-state index in [1.165, 1.54) is 11.1 Å². The molecule has 0 spiro atoms. The summed E-state index contributed by atoms with van der Waals surface area (Å²) >= 11 is 0. The molecule has 2 aliphatic heterocycles. The summed E-state index contributed by atoms with van der Waals surface area (Å²) in [5.74, 6) is -0.0555. The van der Waals surface area contributed by atoms with Crippen LogP contribution in [0.25, 0.3) is 0 Å². The van der Waals surface area contributed by atoms with E-state index in [9.17, 15) is 9.59 Å². The maximum absolute atomic E-state index is 12.1. The second-order valence-electron chi connectivity index (χ2n) is 8.42. The van der Waals surface area contributed by atoms with Crippen LogP contribution >= 0.6 is 0 Å². The molecule has 12 heteroatoms. The van der Waals surface area contributed by atoms with Gasteiger partial charge < -0.3 is 41.8 Å². The van der Waals surface area contributed by atoms with E-state index in [0.717, 1.165) is 23.2 Å². The van der Waals surface area contributed by atoms with Gasteiger partial charge in [0.1, 0.15) is 6.61 Å². The van der Waals surface area contributed by atoms with E-state index in [2.05, 4.69) is 17.0 Å². The minimum Gasteiger partial charge on any atom is -1.00 e. The molecule has 0 aromatic heterocycles. The number of carbonyl (C=O) groups is 3. The van der Waals surface area contributed by atoms with Gasteiger partial charge in [-0.05, 0) is 28.8 Å². The van der Waals surface area contributed by atoms with E-state index >= 15 is 0 Å². The Morgan fingerprint density at radius 2 is 1.14 bits per heavy atom. The Morgan fingerprint density at radius 3 is 1.55 bits per heavy atom. The SMILES string of the molecule is CC.CC.NCc1ccccc1.O=C1OCc2ccccc21.O=C1c2ccccc2CN1Cc1ccccc1.O=CO[O-].[CH3-].[CH3-].[H-].[K+].[K+].[Y].[Y]. The molecule has 8 nitrogen and oxygen atoms in total. The number of ether oxygens (including phenoxy) is 1. The third kappa shape index (κ3) is 23.9. The summed E-state index contributed by atoms with van der Waals surface area (Å²) in [6.45, 7) is 10.3. The first-order valence-electron chi connectivity index (χ1n) is 14.2. The number of hydrogen-bond donors (Lipinski definition) is 1. The van der Waals surface area contributed by atoms with Crippen LogP contribution in [-0.2, 0) is 106 Å². The minimum atomic E-state index is -0.199. The van der Waals surface area contributed by atoms with Crippen molar-refractivity contribution in [1.29, 1.82) is 0 Å². The van der Waals surface area contributed by atoms with Gasteiger partial charge in [0.05, 0.1) is 5.56 Å². The average molecular weight is 873 g/mol. The monoisotopic (exact) mass is 872 g/mol. The van der Waals surface area contributed by atoms with Crippen LogP contribution in [0.15, 0.2) is 109 Å². The Bertz CT molecular complexity index is 1380. The zero-order chi connectivity index (χ0) is 31.9. The Labute approximate surface area is 431 Å². The van der Waals surface area contributed by atoms with Crippen LogP contribution in [0.5, 0.6) is 0 Å². The van der Waals surface area contributed by atoms with Gasteiger partial charge in [-0.2, -0.15) is 0 Å². The van der Waals surface area contributed by atoms with Gasteiger partial charge in [-0.15, -0.1) is 0 Å². The van der Waals surface area contributed by atoms with Gasteiger partial charge >= 0.3 is 109 Å². The van der Waals surface area contributed by atoms with Crippen LogP contribution in [0.1, 0.15) is 72.1 Å². The second kappa shape index (κ2) is 39.9. The van der Waals surface area contributed by atoms with Gasteiger partial charge in [-0.25, -0.2) is 4.79 Å². The van der Waals surface area contributed by atoms with Crippen molar-refractivity contribution in [3.63, 3.8) is 0 Å². The number of carbonyl (C=O) groups excluding carboxylic acids is 3. The molecular weight excluding hydrogens is 824 g/mol. The summed E-state index contributed by atoms with van der Waals surface area (Å²) in [4.78, 5) is 36.1. The molecule has 2 radical (unpaired) electrons. The van der Waals surface area contributed by atoms with Gasteiger partial charge in [0, 0.05) is 96.2 Å². The van der Waals surface area contributed by atoms with Gasteiger partial charge in [0.15, 0.2) is 0 Å². The Hall–Kier alpha value is 0.691. The predicted octanol–water partition coefficient (Wildman–Crippen LogP) is 0.848. The summed E-state index contributed by atoms with van der Waals surface area (Å²) in [5.41, 5.74) is 11.4. The van der Waals surface area contributed by atoms with Crippen molar-refractivity contribution >= 4 is 18.3 Å². The van der Waals surface area contributed by atoms with Crippen LogP contribution in [0.4, 0.5) is 0 Å². The standard InChI is InChI=1S/C15H13NO.C8H6O2.C7H9N.2C2H6.CH2O3.2CH3.2K.2Y.H/c17-15-14-9-5-4-8-13(14)11-16(15)10-12-6-2-1-3-7-12;9-8-7-4-2-1-3-6(7)5-10-8;8-6-7-4-2-1-3-5-7;2*1-2;2-1-4-3;;;;;;;/h1-9H,10-11H2;1-4H,5H2;1-5H,6,8H2;2*1-2H3;1,3H;2*1H3;;;;;/q;;;;;;2*-1;2*+1;;;-1/p-1. The van der Waals surface area contributed by atoms with Gasteiger partial charge in [0.2, 0.25) is 0 Å². The van der Waals surface area contributed by atoms with Crippen LogP contribution in [0, 0.1) is 14.9 Å². The summed E-state index contributed by atoms with van der Waals surface area (Å²) in [7, 11) is 0. The largest absolute Gasteiger partial charge is 1.00 e. The summed E-state index contributed by atoms with van der Waals surface area (Å²) in [5, 5.41) is 8.43. The number of rotatable bonds is 4. The quantitative estimate of drug-likeness (QED) is 0.0807. The molecule has 252 valence electrons. The number of amides is 1. The number of hydrogen-bond acceptors (Lipinski definition) is 7. The van der Waals surface area contributed by atoms with Crippen molar-refractivity contribution in [1.82, 2.24) is 4.90 Å². The normalized spacial score (nSPS) is 9.96. The second-order valence-corrected chi connectivity index (χ2v) is 8.42. The van der Waals surface area contributed by atoms with Gasteiger partial charge in [0.25, 0.3) is 12.4 Å². The zero-order valence-electron chi connectivity index (χ0n) is 31.4. The van der Waals surface area contributed by atoms with E-state index in [4.69, 9.17) is 20.5 Å². The molecule has 0 saturated heterocycles. The van der Waals surface area contributed by atoms with Crippen molar-refractivity contribution in [2.75, 3.05) is 0 Å². The van der Waals surface area contributed by atoms with E-state index in [1.54, 1.807) is 6.07 Å². The summed E-state index contributed by atoms with van der Waals surface area (Å²) in [6, 6.07) is 35.4. The van der Waals surface area contributed by atoms with Crippen LogP contribution < -0.4 is 114 Å². The molecule has 4 aromatic rings. The molecule has 0 saturated carbocycles. The first kappa shape index (κ1) is 61.7. The van der Waals surface area contributed by atoms with Crippen molar-refractivity contribution in [3.05, 3.63) is 157 Å². The topological polar surface area (TPSA) is 122 Å². The molecule has 1 amide bonds. The first-order chi connectivity index (χ1) is 21.1. The molecule has 2 aliphatic rings. The molecule has 0 bridgehead atoms. The number of esters is 1. The summed E-state index contributed by atoms with van der Waals surface area (Å²) in [6.07, 6.45) is 0. The smallest absolute Gasteiger partial charge is 1.00 e. The van der Waals surface area contributed by atoms with E-state index in [0.29, 0.717) is 25.3 Å². The molecule has 49 heavy (non-hydrogen) atoms. The van der Waals surface area contributed by atoms with Crippen molar-refractivity contribution in [2.24, 2.45) is 5.73 Å². The van der Waals surface area contributed by atoms with Gasteiger partial charge in [-0.1, -0.05) is 125 Å². The molecule has 0 unspecified atom stereocenters. The Morgan fingerprint density at radius 1 is 0.735 bits per heavy atom. The first-order valence-corrected chi connectivity index (χ1v) is 14.2. The predicted molar refractivity (Wildman–Crippen MR) is 180 cm³/mol. The number of benzene rings is 4. The molecule has 6 rings (SSSR count). The fraction of sp³-hybridized carbons (Fsp3) is 0.216. The van der Waals surface area contributed by atoms with Crippen molar-refractivity contribution in [2.45, 2.75) is 53.9 Å². The molecule has 0 aliphatic carbocycles. The fourth-order valence-electron chi connectivity index (χ4n) is 3.93. The maximum Gasteiger partial charge on any atom is 1.00 e. The number of nitrogens with two attached hydrogens (primary N) is 1. The van der Waals surface area contributed by atoms with E-state index in [1.807, 2.05) is 124 Å². The summed E-state index contributed by atoms with van der Waals surface area (Å²) < 4.78 is 4.78. The van der Waals surface area contributed by atoms with Crippen molar-refractivity contribution in [3.8, 4) is 0 Å². The Kier molecular flexibility index (Phi) is 50.2.